The molecule has 31 heavy (non-hydrogen) atoms. The van der Waals surface area contributed by atoms with Gasteiger partial charge in [-0.05, 0) is 24.6 Å². The quantitative estimate of drug-likeness (QED) is 0.491. The summed E-state index contributed by atoms with van der Waals surface area (Å²) in [6, 6.07) is 24.7. The number of aliphatic hydroxyl groups is 1. The normalized spacial score (nSPS) is 19.9. The number of nitrogens with one attached hydrogen (secondary N) is 1. The summed E-state index contributed by atoms with van der Waals surface area (Å²) in [6.07, 6.45) is -0.910. The van der Waals surface area contributed by atoms with E-state index >= 15 is 0 Å². The van der Waals surface area contributed by atoms with Crippen LogP contribution in [0.4, 0.5) is 4.79 Å². The molecule has 0 saturated carbocycles. The van der Waals surface area contributed by atoms with E-state index in [1.54, 1.807) is 6.92 Å². The third kappa shape index (κ3) is 3.07. The van der Waals surface area contributed by atoms with Gasteiger partial charge in [-0.15, -0.1) is 0 Å². The van der Waals surface area contributed by atoms with Crippen molar-refractivity contribution in [3.8, 4) is 0 Å². The molecule has 1 fully saturated rings. The van der Waals surface area contributed by atoms with Gasteiger partial charge in [0, 0.05) is 21.8 Å². The number of nitrogens with zero attached hydrogens (tertiary/aromatic N) is 2. The molecule has 156 valence electrons. The number of hydrogen-bond acceptors (Lipinski definition) is 3. The Bertz CT molecular complexity index is 1240. The van der Waals surface area contributed by atoms with Gasteiger partial charge in [0.05, 0.1) is 19.2 Å². The monoisotopic (exact) mass is 413 g/mol. The first kappa shape index (κ1) is 19.3. The lowest BCUT2D eigenvalue weighted by atomic mass is 9.92. The fraction of sp³-hybridized carbons (Fsp3) is 0.200. The van der Waals surface area contributed by atoms with E-state index in [0.717, 1.165) is 26.7 Å². The van der Waals surface area contributed by atoms with E-state index in [1.165, 1.54) is 0 Å². The number of rotatable bonds is 5. The number of imide groups is 1. The molecule has 0 unspecified atom stereocenters. The highest BCUT2D eigenvalue weighted by Crippen LogP contribution is 2.31. The summed E-state index contributed by atoms with van der Waals surface area (Å²) in [6.45, 7) is 1.89. The largest absolute Gasteiger partial charge is 0.389 e. The molecule has 2 heterocycles. The van der Waals surface area contributed by atoms with E-state index < -0.39 is 17.7 Å². The lowest BCUT2D eigenvalue weighted by molar-refractivity contribution is -0.132. The number of carbonyl (C=O) groups excluding carboxylic acids is 2. The van der Waals surface area contributed by atoms with Gasteiger partial charge < -0.3 is 15.0 Å². The number of carbonyl (C=O) groups is 2. The van der Waals surface area contributed by atoms with Gasteiger partial charge in [-0.1, -0.05) is 66.7 Å². The maximum Gasteiger partial charge on any atom is 0.325 e. The first-order chi connectivity index (χ1) is 15.0. The molecule has 0 radical (unpaired) electrons. The Morgan fingerprint density at radius 3 is 2.00 bits per heavy atom. The van der Waals surface area contributed by atoms with Gasteiger partial charge in [0.15, 0.2) is 0 Å². The molecule has 6 heteroatoms. The summed E-state index contributed by atoms with van der Waals surface area (Å²) in [5.74, 6) is -0.357. The minimum Gasteiger partial charge on any atom is -0.389 e. The molecule has 3 aromatic carbocycles. The highest BCUT2D eigenvalue weighted by molar-refractivity contribution is 6.08. The van der Waals surface area contributed by atoms with Crippen LogP contribution in [0.15, 0.2) is 78.9 Å². The van der Waals surface area contributed by atoms with Crippen LogP contribution in [0.1, 0.15) is 12.5 Å². The molecule has 2 atom stereocenters. The number of amides is 3. The van der Waals surface area contributed by atoms with Gasteiger partial charge in [0.25, 0.3) is 5.91 Å². The molecular weight excluding hydrogens is 390 g/mol. The maximum atomic E-state index is 13.1. The summed E-state index contributed by atoms with van der Waals surface area (Å²) in [7, 11) is 0. The average molecular weight is 413 g/mol. The lowest BCUT2D eigenvalue weighted by Crippen LogP contribution is -2.42. The van der Waals surface area contributed by atoms with Crippen molar-refractivity contribution in [3.63, 3.8) is 0 Å². The molecule has 1 aliphatic rings. The number of urea groups is 1. The first-order valence-corrected chi connectivity index (χ1v) is 10.3. The van der Waals surface area contributed by atoms with Crippen LogP contribution in [0.25, 0.3) is 21.8 Å². The standard InChI is InChI=1S/C25H23N3O3/c1-25(17-9-3-2-4-10-17)23(30)28(24(31)26-25)16-18(29)15-27-21-13-7-5-11-19(21)20-12-6-8-14-22(20)27/h2-14,18,29H,15-16H2,1H3,(H,26,31)/t18-,25-/m0/s1. The van der Waals surface area contributed by atoms with E-state index in [0.29, 0.717) is 5.56 Å². The van der Waals surface area contributed by atoms with Crippen LogP contribution in [0.3, 0.4) is 0 Å². The predicted octanol–water partition coefficient (Wildman–Crippen LogP) is 3.62. The molecule has 0 aliphatic carbocycles. The van der Waals surface area contributed by atoms with Crippen molar-refractivity contribution >= 4 is 33.7 Å². The van der Waals surface area contributed by atoms with Gasteiger partial charge in [-0.25, -0.2) is 4.79 Å². The molecule has 5 rings (SSSR count). The zero-order chi connectivity index (χ0) is 21.6. The van der Waals surface area contributed by atoms with Crippen LogP contribution in [-0.4, -0.2) is 39.2 Å². The number of hydrogen-bond donors (Lipinski definition) is 2. The van der Waals surface area contributed by atoms with Crippen molar-refractivity contribution in [3.05, 3.63) is 84.4 Å². The highest BCUT2D eigenvalue weighted by Gasteiger charge is 2.49. The van der Waals surface area contributed by atoms with E-state index in [9.17, 15) is 14.7 Å². The van der Waals surface area contributed by atoms with Crippen molar-refractivity contribution in [1.82, 2.24) is 14.8 Å². The summed E-state index contributed by atoms with van der Waals surface area (Å²) < 4.78 is 2.05. The van der Waals surface area contributed by atoms with Gasteiger partial charge in [0.2, 0.25) is 0 Å². The summed E-state index contributed by atoms with van der Waals surface area (Å²) in [4.78, 5) is 26.9. The van der Waals surface area contributed by atoms with Gasteiger partial charge in [0.1, 0.15) is 5.54 Å². The summed E-state index contributed by atoms with van der Waals surface area (Å²) >= 11 is 0. The molecule has 2 N–H and O–H groups in total. The Morgan fingerprint density at radius 2 is 1.39 bits per heavy atom. The zero-order valence-corrected chi connectivity index (χ0v) is 17.2. The van der Waals surface area contributed by atoms with Crippen LogP contribution in [0.2, 0.25) is 0 Å². The number of β-amino-alcohol motifs (C(OH)–C–C–N with tert-alkyl or cyclic N) is 1. The molecule has 6 nitrogen and oxygen atoms in total. The van der Waals surface area contributed by atoms with Crippen LogP contribution >= 0.6 is 0 Å². The SMILES string of the molecule is C[C@@]1(c2ccccc2)NC(=O)N(C[C@@H](O)Cn2c3ccccc3c3ccccc32)C1=O. The summed E-state index contributed by atoms with van der Waals surface area (Å²) in [5, 5.41) is 15.9. The number of para-hydroxylation sites is 2. The molecule has 1 aliphatic heterocycles. The summed E-state index contributed by atoms with van der Waals surface area (Å²) in [5.41, 5.74) is 1.60. The number of aliphatic hydroxyl groups excluding tert-OH is 1. The Kier molecular flexibility index (Phi) is 4.52. The van der Waals surface area contributed by atoms with Crippen LogP contribution in [-0.2, 0) is 16.9 Å². The maximum absolute atomic E-state index is 13.1. The van der Waals surface area contributed by atoms with Crippen LogP contribution in [0.5, 0.6) is 0 Å². The van der Waals surface area contributed by atoms with Crippen molar-refractivity contribution in [2.75, 3.05) is 6.54 Å². The van der Waals surface area contributed by atoms with E-state index in [2.05, 4.69) is 17.4 Å². The zero-order valence-electron chi connectivity index (χ0n) is 17.2. The Morgan fingerprint density at radius 1 is 0.839 bits per heavy atom. The van der Waals surface area contributed by atoms with Crippen molar-refractivity contribution < 1.29 is 14.7 Å². The fourth-order valence-electron chi connectivity index (χ4n) is 4.51. The van der Waals surface area contributed by atoms with Gasteiger partial charge in [-0.2, -0.15) is 0 Å². The van der Waals surface area contributed by atoms with Crippen molar-refractivity contribution in [1.29, 1.82) is 0 Å². The highest BCUT2D eigenvalue weighted by atomic mass is 16.3. The lowest BCUT2D eigenvalue weighted by Gasteiger charge is -2.23. The van der Waals surface area contributed by atoms with Gasteiger partial charge >= 0.3 is 6.03 Å². The second kappa shape index (κ2) is 7.25. The minimum absolute atomic E-state index is 0.0755. The van der Waals surface area contributed by atoms with E-state index in [1.807, 2.05) is 71.3 Å². The molecule has 3 amide bonds. The average Bonchev–Trinajstić information content (AvgIpc) is 3.22. The molecule has 1 aromatic heterocycles. The Labute approximate surface area is 179 Å². The predicted molar refractivity (Wildman–Crippen MR) is 119 cm³/mol. The third-order valence-corrected chi connectivity index (χ3v) is 6.09. The third-order valence-electron chi connectivity index (χ3n) is 6.09. The van der Waals surface area contributed by atoms with Crippen LogP contribution < -0.4 is 5.32 Å². The van der Waals surface area contributed by atoms with E-state index in [-0.39, 0.29) is 19.0 Å². The molecule has 4 aromatic rings. The number of fused-ring (bicyclic) bond motifs is 3. The number of aromatic nitrogens is 1. The molecular formula is C25H23N3O3. The second-order valence-electron chi connectivity index (χ2n) is 8.14. The van der Waals surface area contributed by atoms with E-state index in [4.69, 9.17) is 0 Å². The van der Waals surface area contributed by atoms with Crippen molar-refractivity contribution in [2.24, 2.45) is 0 Å². The van der Waals surface area contributed by atoms with Gasteiger partial charge in [-0.3, -0.25) is 9.69 Å². The number of benzene rings is 3. The van der Waals surface area contributed by atoms with Crippen molar-refractivity contribution in [2.45, 2.75) is 25.1 Å². The molecule has 0 bridgehead atoms. The Hall–Kier alpha value is -3.64. The van der Waals surface area contributed by atoms with Crippen LogP contribution in [0, 0.1) is 0 Å². The topological polar surface area (TPSA) is 74.6 Å². The Balaban J connectivity index is 1.42. The molecule has 0 spiro atoms. The fourth-order valence-corrected chi connectivity index (χ4v) is 4.51. The first-order valence-electron chi connectivity index (χ1n) is 10.3. The smallest absolute Gasteiger partial charge is 0.325 e. The second-order valence-corrected chi connectivity index (χ2v) is 8.14. The molecule has 1 saturated heterocycles. The minimum atomic E-state index is -1.13.